The van der Waals surface area contributed by atoms with Crippen LogP contribution in [0.4, 0.5) is 3.89 Å². The Bertz CT molecular complexity index is 207. The second-order valence-electron chi connectivity index (χ2n) is 2.43. The molecule has 0 spiro atoms. The molecule has 6 heteroatoms. The summed E-state index contributed by atoms with van der Waals surface area (Å²) in [5, 5.41) is 0. The second-order valence-corrected chi connectivity index (χ2v) is 3.84. The van der Waals surface area contributed by atoms with Crippen LogP contribution in [0.15, 0.2) is 0 Å². The molecule has 11 heavy (non-hydrogen) atoms. The average Bonchev–Trinajstić information content (AvgIpc) is 1.85. The molecule has 1 fully saturated rings. The molecule has 1 saturated heterocycles. The van der Waals surface area contributed by atoms with Crippen LogP contribution >= 0.6 is 0 Å². The summed E-state index contributed by atoms with van der Waals surface area (Å²) in [6.07, 6.45) is 0. The van der Waals surface area contributed by atoms with E-state index in [9.17, 15) is 12.3 Å². The van der Waals surface area contributed by atoms with Gasteiger partial charge >= 0.3 is 10.2 Å². The Hall–Kier alpha value is -0.200. The number of hydrogen-bond acceptors (Lipinski definition) is 4. The second kappa shape index (κ2) is 3.46. The predicted molar refractivity (Wildman–Crippen MR) is 35.2 cm³/mol. The number of hydrogen-bond donors (Lipinski definition) is 0. The molecule has 1 aliphatic rings. The predicted octanol–water partition coefficient (Wildman–Crippen LogP) is -0.0938. The first-order valence-corrected chi connectivity index (χ1v) is 4.71. The smallest absolute Gasteiger partial charge is 0.302 e. The van der Waals surface area contributed by atoms with Crippen molar-refractivity contribution in [3.05, 3.63) is 0 Å². The van der Waals surface area contributed by atoms with Crippen molar-refractivity contribution in [2.75, 3.05) is 25.8 Å². The van der Waals surface area contributed by atoms with Crippen LogP contribution in [0.25, 0.3) is 0 Å². The third kappa shape index (κ3) is 3.64. The summed E-state index contributed by atoms with van der Waals surface area (Å²) in [6.45, 7) is 0.676. The Kier molecular flexibility index (Phi) is 2.80. The van der Waals surface area contributed by atoms with Gasteiger partial charge in [0.25, 0.3) is 0 Å². The van der Waals surface area contributed by atoms with Crippen molar-refractivity contribution in [2.45, 2.75) is 0 Å². The van der Waals surface area contributed by atoms with E-state index in [-0.39, 0.29) is 25.9 Å². The molecule has 1 heterocycles. The fraction of sp³-hybridized carbons (Fsp3) is 1.00. The number of rotatable bonds is 2. The van der Waals surface area contributed by atoms with Crippen molar-refractivity contribution in [1.82, 2.24) is 0 Å². The lowest BCUT2D eigenvalue weighted by Crippen LogP contribution is -2.28. The summed E-state index contributed by atoms with van der Waals surface area (Å²) in [6, 6.07) is 0. The van der Waals surface area contributed by atoms with Gasteiger partial charge < -0.3 is 9.47 Å². The van der Waals surface area contributed by atoms with Crippen molar-refractivity contribution in [2.24, 2.45) is 5.92 Å². The highest BCUT2D eigenvalue weighted by molar-refractivity contribution is 7.86. The van der Waals surface area contributed by atoms with E-state index in [2.05, 4.69) is 0 Å². The first-order valence-electron chi connectivity index (χ1n) is 3.16. The van der Waals surface area contributed by atoms with E-state index >= 15 is 0 Å². The molecule has 0 atom stereocenters. The Labute approximate surface area is 64.5 Å². The minimum absolute atomic E-state index is 0.169. The lowest BCUT2D eigenvalue weighted by atomic mass is 10.2. The summed E-state index contributed by atoms with van der Waals surface area (Å²) in [7, 11) is -4.38. The molecule has 0 saturated carbocycles. The molecular weight excluding hydrogens is 175 g/mol. The zero-order valence-corrected chi connectivity index (χ0v) is 6.64. The molecule has 0 bridgehead atoms. The minimum atomic E-state index is -4.38. The van der Waals surface area contributed by atoms with E-state index in [1.807, 2.05) is 0 Å². The van der Waals surface area contributed by atoms with Crippen molar-refractivity contribution < 1.29 is 21.8 Å². The molecule has 1 rings (SSSR count). The fourth-order valence-corrected chi connectivity index (χ4v) is 1.67. The van der Waals surface area contributed by atoms with Gasteiger partial charge in [-0.05, 0) is 0 Å². The molecular formula is C5H9FO4S. The Morgan fingerprint density at radius 3 is 2.36 bits per heavy atom. The van der Waals surface area contributed by atoms with E-state index < -0.39 is 16.0 Å². The molecule has 0 unspecified atom stereocenters. The molecule has 0 amide bonds. The molecule has 0 aromatic carbocycles. The van der Waals surface area contributed by atoms with Crippen LogP contribution in [-0.4, -0.2) is 34.2 Å². The van der Waals surface area contributed by atoms with Crippen molar-refractivity contribution >= 4 is 10.2 Å². The maximum Gasteiger partial charge on any atom is 0.302 e. The third-order valence-electron chi connectivity index (χ3n) is 1.31. The van der Waals surface area contributed by atoms with E-state index in [4.69, 9.17) is 9.47 Å². The normalized spacial score (nSPS) is 21.9. The standard InChI is InChI=1S/C5H9FO4S/c6-11(7,8)3-5-1-9-4-10-2-5/h5H,1-4H2. The maximum atomic E-state index is 12.0. The molecule has 0 aromatic heterocycles. The lowest BCUT2D eigenvalue weighted by Gasteiger charge is -2.20. The summed E-state index contributed by atoms with van der Waals surface area (Å²) < 4.78 is 41.8. The summed E-state index contributed by atoms with van der Waals surface area (Å²) >= 11 is 0. The first kappa shape index (κ1) is 8.89. The molecule has 0 aromatic rings. The third-order valence-corrected chi connectivity index (χ3v) is 2.18. The molecule has 0 N–H and O–H groups in total. The Balaban J connectivity index is 2.36. The summed E-state index contributed by atoms with van der Waals surface area (Å²) in [5.74, 6) is -0.869. The van der Waals surface area contributed by atoms with Crippen LogP contribution in [0.1, 0.15) is 0 Å². The van der Waals surface area contributed by atoms with Crippen LogP contribution < -0.4 is 0 Å². The average molecular weight is 184 g/mol. The maximum absolute atomic E-state index is 12.0. The van der Waals surface area contributed by atoms with Gasteiger partial charge in [-0.15, -0.1) is 3.89 Å². The van der Waals surface area contributed by atoms with Crippen LogP contribution in [-0.2, 0) is 19.7 Å². The van der Waals surface area contributed by atoms with Gasteiger partial charge in [0.2, 0.25) is 0 Å². The first-order chi connectivity index (χ1) is 5.08. The van der Waals surface area contributed by atoms with Gasteiger partial charge in [0.05, 0.1) is 19.0 Å². The van der Waals surface area contributed by atoms with Gasteiger partial charge in [0.15, 0.2) is 0 Å². The van der Waals surface area contributed by atoms with E-state index in [1.54, 1.807) is 0 Å². The molecule has 66 valence electrons. The van der Waals surface area contributed by atoms with Gasteiger partial charge in [0.1, 0.15) is 6.79 Å². The highest BCUT2D eigenvalue weighted by atomic mass is 32.3. The quantitative estimate of drug-likeness (QED) is 0.563. The minimum Gasteiger partial charge on any atom is -0.355 e. The SMILES string of the molecule is O=S(=O)(F)CC1COCOC1. The van der Waals surface area contributed by atoms with Crippen molar-refractivity contribution in [1.29, 1.82) is 0 Å². The van der Waals surface area contributed by atoms with Gasteiger partial charge in [-0.1, -0.05) is 0 Å². The fourth-order valence-electron chi connectivity index (χ4n) is 0.914. The monoisotopic (exact) mass is 184 g/mol. The summed E-state index contributed by atoms with van der Waals surface area (Å²) in [4.78, 5) is 0. The van der Waals surface area contributed by atoms with Crippen molar-refractivity contribution in [3.8, 4) is 0 Å². The number of halogens is 1. The molecule has 4 nitrogen and oxygen atoms in total. The number of ether oxygens (including phenoxy) is 2. The van der Waals surface area contributed by atoms with Crippen molar-refractivity contribution in [3.63, 3.8) is 0 Å². The highest BCUT2D eigenvalue weighted by Crippen LogP contribution is 2.09. The summed E-state index contributed by atoms with van der Waals surface area (Å²) in [5.41, 5.74) is 0. The van der Waals surface area contributed by atoms with Gasteiger partial charge in [-0.25, -0.2) is 0 Å². The van der Waals surface area contributed by atoms with E-state index in [0.29, 0.717) is 0 Å². The zero-order valence-electron chi connectivity index (χ0n) is 5.82. The Morgan fingerprint density at radius 2 is 1.91 bits per heavy atom. The van der Waals surface area contributed by atoms with Crippen LogP contribution in [0.5, 0.6) is 0 Å². The van der Waals surface area contributed by atoms with Gasteiger partial charge in [0, 0.05) is 5.92 Å². The largest absolute Gasteiger partial charge is 0.355 e. The zero-order chi connectivity index (χ0) is 8.32. The van der Waals surface area contributed by atoms with Gasteiger partial charge in [-0.2, -0.15) is 8.42 Å². The lowest BCUT2D eigenvalue weighted by molar-refractivity contribution is -0.121. The van der Waals surface area contributed by atoms with E-state index in [1.165, 1.54) is 0 Å². The molecule has 1 aliphatic heterocycles. The topological polar surface area (TPSA) is 52.6 Å². The van der Waals surface area contributed by atoms with Crippen LogP contribution in [0.2, 0.25) is 0 Å². The van der Waals surface area contributed by atoms with Crippen LogP contribution in [0.3, 0.4) is 0 Å². The molecule has 0 radical (unpaired) electrons. The highest BCUT2D eigenvalue weighted by Gasteiger charge is 2.21. The van der Waals surface area contributed by atoms with Gasteiger partial charge in [-0.3, -0.25) is 0 Å². The van der Waals surface area contributed by atoms with Crippen LogP contribution in [0, 0.1) is 5.92 Å². The van der Waals surface area contributed by atoms with E-state index in [0.717, 1.165) is 0 Å². The Morgan fingerprint density at radius 1 is 1.36 bits per heavy atom. The molecule has 0 aliphatic carbocycles.